The summed E-state index contributed by atoms with van der Waals surface area (Å²) >= 11 is 6.49. The van der Waals surface area contributed by atoms with Crippen molar-refractivity contribution >= 4 is 34.5 Å². The number of hydrogen-bond donors (Lipinski definition) is 2. The van der Waals surface area contributed by atoms with Crippen molar-refractivity contribution in [2.24, 2.45) is 0 Å². The minimum atomic E-state index is -0.970. The number of carbonyl (C=O) groups excluding carboxylic acids is 1. The van der Waals surface area contributed by atoms with Crippen molar-refractivity contribution in [3.63, 3.8) is 0 Å². The van der Waals surface area contributed by atoms with Gasteiger partial charge in [0.15, 0.2) is 0 Å². The fraction of sp³-hybridized carbons (Fsp3) is 0.261. The third-order valence-electron chi connectivity index (χ3n) is 5.57. The zero-order valence-corrected chi connectivity index (χ0v) is 17.7. The normalized spacial score (nSPS) is 16.5. The molecule has 0 spiro atoms. The number of hydrogen-bond acceptors (Lipinski definition) is 4. The summed E-state index contributed by atoms with van der Waals surface area (Å²) in [5.41, 5.74) is 3.33. The van der Waals surface area contributed by atoms with Crippen LogP contribution in [0.2, 0.25) is 5.02 Å². The van der Waals surface area contributed by atoms with Gasteiger partial charge in [-0.1, -0.05) is 35.9 Å². The number of carboxylic acid groups (broad SMARTS) is 1. The predicted octanol–water partition coefficient (Wildman–Crippen LogP) is 3.87. The maximum atomic E-state index is 13.1. The fourth-order valence-electron chi connectivity index (χ4n) is 3.90. The Bertz CT molecular complexity index is 1170. The zero-order valence-electron chi connectivity index (χ0n) is 17.0. The summed E-state index contributed by atoms with van der Waals surface area (Å²) < 4.78 is 0. The Hall–Kier alpha value is -3.16. The van der Waals surface area contributed by atoms with Gasteiger partial charge in [-0.3, -0.25) is 4.79 Å². The van der Waals surface area contributed by atoms with E-state index in [9.17, 15) is 19.8 Å². The average molecular weight is 440 g/mol. The molecule has 2 amide bonds. The van der Waals surface area contributed by atoms with Gasteiger partial charge in [-0.05, 0) is 36.8 Å². The second kappa shape index (κ2) is 8.53. The van der Waals surface area contributed by atoms with Gasteiger partial charge >= 0.3 is 6.09 Å². The summed E-state index contributed by atoms with van der Waals surface area (Å²) in [6, 6.07) is 14.1. The molecule has 2 N–H and O–H groups in total. The molecule has 1 aliphatic heterocycles. The quantitative estimate of drug-likeness (QED) is 0.646. The first-order chi connectivity index (χ1) is 14.9. The minimum Gasteiger partial charge on any atom is -0.465 e. The maximum absolute atomic E-state index is 13.1. The van der Waals surface area contributed by atoms with E-state index in [1.165, 1.54) is 4.90 Å². The van der Waals surface area contributed by atoms with Gasteiger partial charge in [0.25, 0.3) is 5.91 Å². The smallest absolute Gasteiger partial charge is 0.407 e. The van der Waals surface area contributed by atoms with Gasteiger partial charge in [0.1, 0.15) is 0 Å². The van der Waals surface area contributed by atoms with Gasteiger partial charge in [-0.25, -0.2) is 9.78 Å². The van der Waals surface area contributed by atoms with Crippen LogP contribution in [-0.4, -0.2) is 62.7 Å². The lowest BCUT2D eigenvalue weighted by Gasteiger charge is -2.38. The standard InChI is InChI=1S/C23H22ClN3O4/c1-14-12-26(7-8-27(14)23(30)31)22(29)17-5-6-18-19(24)11-20(25-21(18)10-17)16-4-2-3-15(9-16)13-28/h2-6,9-11,14,28H,7-8,12-13H2,1H3,(H,30,31). The molecule has 1 atom stereocenters. The van der Waals surface area contributed by atoms with Crippen molar-refractivity contribution in [2.75, 3.05) is 19.6 Å². The molecule has 31 heavy (non-hydrogen) atoms. The van der Waals surface area contributed by atoms with Crippen molar-refractivity contribution in [1.29, 1.82) is 0 Å². The molecule has 1 aromatic heterocycles. The van der Waals surface area contributed by atoms with Crippen LogP contribution in [-0.2, 0) is 6.61 Å². The molecule has 1 fully saturated rings. The first kappa shape index (κ1) is 21.1. The number of nitrogens with zero attached hydrogens (tertiary/aromatic N) is 3. The molecule has 0 aliphatic carbocycles. The van der Waals surface area contributed by atoms with E-state index in [0.29, 0.717) is 34.9 Å². The van der Waals surface area contributed by atoms with Gasteiger partial charge in [-0.15, -0.1) is 0 Å². The first-order valence-electron chi connectivity index (χ1n) is 9.96. The molecule has 0 radical (unpaired) electrons. The van der Waals surface area contributed by atoms with Crippen LogP contribution in [0.3, 0.4) is 0 Å². The molecular weight excluding hydrogens is 418 g/mol. The van der Waals surface area contributed by atoms with Crippen molar-refractivity contribution in [1.82, 2.24) is 14.8 Å². The number of halogens is 1. The van der Waals surface area contributed by atoms with E-state index >= 15 is 0 Å². The molecule has 3 aromatic rings. The summed E-state index contributed by atoms with van der Waals surface area (Å²) in [5, 5.41) is 19.9. The number of aliphatic hydroxyl groups is 1. The lowest BCUT2D eigenvalue weighted by Crippen LogP contribution is -2.55. The van der Waals surface area contributed by atoms with Crippen molar-refractivity contribution in [3.8, 4) is 11.3 Å². The summed E-state index contributed by atoms with van der Waals surface area (Å²) in [4.78, 5) is 32.0. The van der Waals surface area contributed by atoms with Crippen LogP contribution in [0.15, 0.2) is 48.5 Å². The second-order valence-electron chi connectivity index (χ2n) is 7.66. The topological polar surface area (TPSA) is 94.0 Å². The number of benzene rings is 2. The second-order valence-corrected chi connectivity index (χ2v) is 8.06. The van der Waals surface area contributed by atoms with E-state index in [4.69, 9.17) is 16.6 Å². The summed E-state index contributed by atoms with van der Waals surface area (Å²) in [6.07, 6.45) is -0.970. The number of piperazine rings is 1. The van der Waals surface area contributed by atoms with Crippen LogP contribution in [0.4, 0.5) is 4.79 Å². The molecular formula is C23H22ClN3O4. The third-order valence-corrected chi connectivity index (χ3v) is 5.88. The first-order valence-corrected chi connectivity index (χ1v) is 10.3. The Morgan fingerprint density at radius 1 is 1.16 bits per heavy atom. The van der Waals surface area contributed by atoms with E-state index in [0.717, 1.165) is 16.5 Å². The number of fused-ring (bicyclic) bond motifs is 1. The number of amides is 2. The summed E-state index contributed by atoms with van der Waals surface area (Å²) in [5.74, 6) is -0.163. The predicted molar refractivity (Wildman–Crippen MR) is 118 cm³/mol. The van der Waals surface area contributed by atoms with E-state index in [2.05, 4.69) is 0 Å². The molecule has 0 bridgehead atoms. The van der Waals surface area contributed by atoms with Crippen molar-refractivity contribution in [2.45, 2.75) is 19.6 Å². The molecule has 8 heteroatoms. The van der Waals surface area contributed by atoms with Gasteiger partial charge in [0.05, 0.1) is 22.8 Å². The van der Waals surface area contributed by atoms with Gasteiger partial charge in [0, 0.05) is 42.2 Å². The Kier molecular flexibility index (Phi) is 5.80. The fourth-order valence-corrected chi connectivity index (χ4v) is 4.17. The lowest BCUT2D eigenvalue weighted by molar-refractivity contribution is 0.0507. The molecule has 1 unspecified atom stereocenters. The van der Waals surface area contributed by atoms with Crippen LogP contribution < -0.4 is 0 Å². The lowest BCUT2D eigenvalue weighted by atomic mass is 10.0. The Labute approximate surface area is 184 Å². The molecule has 1 aliphatic rings. The monoisotopic (exact) mass is 439 g/mol. The molecule has 0 saturated carbocycles. The number of pyridine rings is 1. The van der Waals surface area contributed by atoms with Crippen molar-refractivity contribution in [3.05, 3.63) is 64.7 Å². The van der Waals surface area contributed by atoms with E-state index in [1.807, 2.05) is 24.3 Å². The highest BCUT2D eigenvalue weighted by atomic mass is 35.5. The highest BCUT2D eigenvalue weighted by Gasteiger charge is 2.30. The van der Waals surface area contributed by atoms with Crippen LogP contribution in [0.25, 0.3) is 22.2 Å². The van der Waals surface area contributed by atoms with Gasteiger partial charge in [0.2, 0.25) is 0 Å². The number of aromatic nitrogens is 1. The minimum absolute atomic E-state index is 0.0681. The molecule has 2 heterocycles. The maximum Gasteiger partial charge on any atom is 0.407 e. The molecule has 160 valence electrons. The van der Waals surface area contributed by atoms with E-state index in [-0.39, 0.29) is 25.1 Å². The van der Waals surface area contributed by atoms with Gasteiger partial charge < -0.3 is 20.0 Å². The largest absolute Gasteiger partial charge is 0.465 e. The number of aliphatic hydroxyl groups excluding tert-OH is 1. The average Bonchev–Trinajstić information content (AvgIpc) is 2.77. The molecule has 2 aromatic carbocycles. The Morgan fingerprint density at radius 3 is 2.68 bits per heavy atom. The highest BCUT2D eigenvalue weighted by Crippen LogP contribution is 2.29. The summed E-state index contributed by atoms with van der Waals surface area (Å²) in [6.45, 7) is 2.69. The van der Waals surface area contributed by atoms with Crippen molar-refractivity contribution < 1.29 is 19.8 Å². The molecule has 1 saturated heterocycles. The van der Waals surface area contributed by atoms with E-state index in [1.54, 1.807) is 36.1 Å². The van der Waals surface area contributed by atoms with Crippen LogP contribution >= 0.6 is 11.6 Å². The number of carbonyl (C=O) groups is 2. The Balaban J connectivity index is 1.65. The molecule has 7 nitrogen and oxygen atoms in total. The number of rotatable bonds is 3. The van der Waals surface area contributed by atoms with Gasteiger partial charge in [-0.2, -0.15) is 0 Å². The van der Waals surface area contributed by atoms with Crippen LogP contribution in [0.5, 0.6) is 0 Å². The third kappa shape index (κ3) is 4.19. The van der Waals surface area contributed by atoms with Crippen LogP contribution in [0.1, 0.15) is 22.8 Å². The highest BCUT2D eigenvalue weighted by molar-refractivity contribution is 6.35. The van der Waals surface area contributed by atoms with E-state index < -0.39 is 6.09 Å². The zero-order chi connectivity index (χ0) is 22.1. The summed E-state index contributed by atoms with van der Waals surface area (Å²) in [7, 11) is 0. The Morgan fingerprint density at radius 2 is 1.97 bits per heavy atom. The molecule has 4 rings (SSSR count). The van der Waals surface area contributed by atoms with Crippen LogP contribution in [0, 0.1) is 0 Å². The SMILES string of the molecule is CC1CN(C(=O)c2ccc3c(Cl)cc(-c4cccc(CO)c4)nc3c2)CCN1C(=O)O.